The van der Waals surface area contributed by atoms with E-state index in [2.05, 4.69) is 58.5 Å². The number of hydrogen-bond donors (Lipinski definition) is 1. The standard InChI is InChI=1S/C15H14BrNS/c1-15-11-5-3-2-4-10(11)12(17-15)7-6-9-8-13(16)18-14(9)15/h2-5,8,12,17H,6-7H2,1H3. The molecule has 0 spiro atoms. The Morgan fingerprint density at radius 2 is 2.22 bits per heavy atom. The molecule has 1 aromatic carbocycles. The van der Waals surface area contributed by atoms with Crippen LogP contribution in [0.2, 0.25) is 0 Å². The summed E-state index contributed by atoms with van der Waals surface area (Å²) in [5.41, 5.74) is 4.48. The number of halogens is 1. The maximum absolute atomic E-state index is 3.85. The van der Waals surface area contributed by atoms with E-state index < -0.39 is 0 Å². The lowest BCUT2D eigenvalue weighted by molar-refractivity contribution is 0.428. The summed E-state index contributed by atoms with van der Waals surface area (Å²) in [4.78, 5) is 1.49. The molecule has 2 atom stereocenters. The van der Waals surface area contributed by atoms with E-state index in [1.807, 2.05) is 11.3 Å². The molecule has 2 unspecified atom stereocenters. The van der Waals surface area contributed by atoms with Crippen molar-refractivity contribution in [2.24, 2.45) is 0 Å². The molecule has 0 saturated heterocycles. The number of thiophene rings is 1. The normalized spacial score (nSPS) is 28.7. The molecule has 0 amide bonds. The van der Waals surface area contributed by atoms with Gasteiger partial charge >= 0.3 is 0 Å². The van der Waals surface area contributed by atoms with Gasteiger partial charge in [-0.15, -0.1) is 11.3 Å². The number of nitrogens with one attached hydrogen (secondary N) is 1. The maximum Gasteiger partial charge on any atom is 0.0766 e. The summed E-state index contributed by atoms with van der Waals surface area (Å²) in [6, 6.07) is 11.7. The zero-order chi connectivity index (χ0) is 12.3. The smallest absolute Gasteiger partial charge is 0.0766 e. The van der Waals surface area contributed by atoms with Gasteiger partial charge in [0.05, 0.1) is 9.33 Å². The van der Waals surface area contributed by atoms with Gasteiger partial charge in [-0.1, -0.05) is 24.3 Å². The van der Waals surface area contributed by atoms with Crippen LogP contribution in [0, 0.1) is 0 Å². The number of fused-ring (bicyclic) bond motifs is 7. The van der Waals surface area contributed by atoms with Crippen molar-refractivity contribution in [3.05, 3.63) is 55.7 Å². The van der Waals surface area contributed by atoms with E-state index in [4.69, 9.17) is 0 Å². The van der Waals surface area contributed by atoms with E-state index in [9.17, 15) is 0 Å². The van der Waals surface area contributed by atoms with Crippen LogP contribution in [-0.4, -0.2) is 0 Å². The van der Waals surface area contributed by atoms with E-state index in [-0.39, 0.29) is 5.54 Å². The molecule has 4 rings (SSSR count). The molecule has 1 N–H and O–H groups in total. The van der Waals surface area contributed by atoms with Crippen LogP contribution in [0.1, 0.15) is 41.0 Å². The van der Waals surface area contributed by atoms with Crippen molar-refractivity contribution in [3.8, 4) is 0 Å². The van der Waals surface area contributed by atoms with Crippen molar-refractivity contribution in [1.82, 2.24) is 5.32 Å². The summed E-state index contributed by atoms with van der Waals surface area (Å²) in [5, 5.41) is 3.85. The minimum Gasteiger partial charge on any atom is -0.296 e. The van der Waals surface area contributed by atoms with Gasteiger partial charge in [0.15, 0.2) is 0 Å². The number of rotatable bonds is 0. The number of aryl methyl sites for hydroxylation is 1. The van der Waals surface area contributed by atoms with Gasteiger partial charge in [-0.25, -0.2) is 0 Å². The fourth-order valence-electron chi connectivity index (χ4n) is 3.48. The first kappa shape index (κ1) is 11.2. The van der Waals surface area contributed by atoms with Crippen LogP contribution in [0.5, 0.6) is 0 Å². The minimum absolute atomic E-state index is 0.00375. The average Bonchev–Trinajstić information content (AvgIpc) is 2.84. The van der Waals surface area contributed by atoms with Crippen molar-refractivity contribution in [2.75, 3.05) is 0 Å². The topological polar surface area (TPSA) is 12.0 Å². The molecule has 3 heteroatoms. The van der Waals surface area contributed by atoms with Gasteiger partial charge in [-0.3, -0.25) is 5.32 Å². The van der Waals surface area contributed by atoms with E-state index in [1.165, 1.54) is 38.2 Å². The van der Waals surface area contributed by atoms with Crippen LogP contribution in [0.4, 0.5) is 0 Å². The van der Waals surface area contributed by atoms with Gasteiger partial charge in [-0.05, 0) is 58.5 Å². The highest BCUT2D eigenvalue weighted by molar-refractivity contribution is 9.11. The van der Waals surface area contributed by atoms with Crippen molar-refractivity contribution in [2.45, 2.75) is 31.3 Å². The molecule has 18 heavy (non-hydrogen) atoms. The summed E-state index contributed by atoms with van der Waals surface area (Å²) >= 11 is 5.52. The molecule has 1 nitrogen and oxygen atoms in total. The monoisotopic (exact) mass is 319 g/mol. The first-order chi connectivity index (χ1) is 8.68. The summed E-state index contributed by atoms with van der Waals surface area (Å²) in [5.74, 6) is 0. The molecule has 1 aromatic heterocycles. The zero-order valence-electron chi connectivity index (χ0n) is 10.2. The predicted molar refractivity (Wildman–Crippen MR) is 79.1 cm³/mol. The third kappa shape index (κ3) is 1.35. The Balaban J connectivity index is 2.02. The first-order valence-corrected chi connectivity index (χ1v) is 7.95. The fraction of sp³-hybridized carbons (Fsp3) is 0.333. The Morgan fingerprint density at radius 1 is 1.39 bits per heavy atom. The molecule has 2 aromatic rings. The Kier molecular flexibility index (Phi) is 2.30. The largest absolute Gasteiger partial charge is 0.296 e. The van der Waals surface area contributed by atoms with Crippen LogP contribution in [0.15, 0.2) is 34.1 Å². The fourth-order valence-corrected chi connectivity index (χ4v) is 5.30. The van der Waals surface area contributed by atoms with Gasteiger partial charge in [-0.2, -0.15) is 0 Å². The Labute approximate surface area is 119 Å². The molecule has 2 bridgehead atoms. The summed E-state index contributed by atoms with van der Waals surface area (Å²) in [6.45, 7) is 2.33. The van der Waals surface area contributed by atoms with Crippen molar-refractivity contribution >= 4 is 27.3 Å². The molecular weight excluding hydrogens is 306 g/mol. The molecule has 0 aliphatic carbocycles. The van der Waals surface area contributed by atoms with Crippen LogP contribution in [0.25, 0.3) is 0 Å². The summed E-state index contributed by atoms with van der Waals surface area (Å²) in [7, 11) is 0. The van der Waals surface area contributed by atoms with E-state index in [1.54, 1.807) is 0 Å². The first-order valence-electron chi connectivity index (χ1n) is 6.34. The van der Waals surface area contributed by atoms with Gasteiger partial charge in [0, 0.05) is 10.9 Å². The number of hydrogen-bond acceptors (Lipinski definition) is 2. The van der Waals surface area contributed by atoms with Crippen LogP contribution >= 0.6 is 27.3 Å². The Hall–Kier alpha value is -0.640. The SMILES string of the molecule is CC12NC(CCc3cc(Br)sc31)c1ccccc12. The maximum atomic E-state index is 3.85. The number of benzene rings is 1. The van der Waals surface area contributed by atoms with Crippen molar-refractivity contribution in [1.29, 1.82) is 0 Å². The lowest BCUT2D eigenvalue weighted by Gasteiger charge is -2.26. The van der Waals surface area contributed by atoms with E-state index in [0.717, 1.165) is 0 Å². The highest BCUT2D eigenvalue weighted by atomic mass is 79.9. The van der Waals surface area contributed by atoms with E-state index >= 15 is 0 Å². The van der Waals surface area contributed by atoms with Crippen LogP contribution in [0.3, 0.4) is 0 Å². The van der Waals surface area contributed by atoms with Crippen molar-refractivity contribution < 1.29 is 0 Å². The van der Waals surface area contributed by atoms with Gasteiger partial charge in [0.1, 0.15) is 0 Å². The minimum atomic E-state index is 0.00375. The molecule has 0 saturated carbocycles. The van der Waals surface area contributed by atoms with Gasteiger partial charge < -0.3 is 0 Å². The Bertz CT molecular complexity index is 633. The highest BCUT2D eigenvalue weighted by Gasteiger charge is 2.44. The predicted octanol–water partition coefficient (Wildman–Crippen LogP) is 4.36. The van der Waals surface area contributed by atoms with Crippen LogP contribution < -0.4 is 5.32 Å². The molecule has 3 heterocycles. The van der Waals surface area contributed by atoms with Crippen molar-refractivity contribution in [3.63, 3.8) is 0 Å². The molecule has 92 valence electrons. The second-order valence-electron chi connectivity index (χ2n) is 5.35. The Morgan fingerprint density at radius 3 is 3.11 bits per heavy atom. The lowest BCUT2D eigenvalue weighted by atomic mass is 9.86. The molecule has 2 aliphatic heterocycles. The van der Waals surface area contributed by atoms with Crippen LogP contribution in [-0.2, 0) is 12.0 Å². The third-order valence-electron chi connectivity index (χ3n) is 4.27. The second-order valence-corrected chi connectivity index (χ2v) is 7.78. The second kappa shape index (κ2) is 3.69. The third-order valence-corrected chi connectivity index (χ3v) is 6.18. The van der Waals surface area contributed by atoms with Gasteiger partial charge in [0.2, 0.25) is 0 Å². The van der Waals surface area contributed by atoms with E-state index in [0.29, 0.717) is 6.04 Å². The average molecular weight is 320 g/mol. The molecule has 0 radical (unpaired) electrons. The summed E-state index contributed by atoms with van der Waals surface area (Å²) < 4.78 is 1.25. The highest BCUT2D eigenvalue weighted by Crippen LogP contribution is 2.50. The molecule has 2 aliphatic rings. The van der Waals surface area contributed by atoms with Gasteiger partial charge in [0.25, 0.3) is 0 Å². The zero-order valence-corrected chi connectivity index (χ0v) is 12.6. The molecular formula is C15H14BrNS. The quantitative estimate of drug-likeness (QED) is 0.760. The summed E-state index contributed by atoms with van der Waals surface area (Å²) in [6.07, 6.45) is 2.38. The molecule has 0 fully saturated rings. The lowest BCUT2D eigenvalue weighted by Crippen LogP contribution is -2.34.